The molecule has 0 radical (unpaired) electrons. The number of hydrogen-bond acceptors (Lipinski definition) is 5. The summed E-state index contributed by atoms with van der Waals surface area (Å²) in [6, 6.07) is 27.9. The first-order chi connectivity index (χ1) is 16.2. The van der Waals surface area contributed by atoms with Crippen LogP contribution in [0.15, 0.2) is 78.9 Å². The predicted molar refractivity (Wildman–Crippen MR) is 148 cm³/mol. The number of anilines is 5. The zero-order valence-corrected chi connectivity index (χ0v) is 21.2. The molecule has 5 heteroatoms. The fourth-order valence-electron chi connectivity index (χ4n) is 3.56. The summed E-state index contributed by atoms with van der Waals surface area (Å²) in [5.74, 6) is 0. The Balaban J connectivity index is 0.000000714. The van der Waals surface area contributed by atoms with E-state index < -0.39 is 0 Å². The van der Waals surface area contributed by atoms with Crippen molar-refractivity contribution >= 4 is 28.4 Å². The third-order valence-electron chi connectivity index (χ3n) is 5.19. The summed E-state index contributed by atoms with van der Waals surface area (Å²) in [7, 11) is 3.90. The Hall–Kier alpha value is -3.34. The summed E-state index contributed by atoms with van der Waals surface area (Å²) in [5.41, 5.74) is 5.92. The first-order valence-corrected chi connectivity index (χ1v) is 12.0. The molecule has 33 heavy (non-hydrogen) atoms. The minimum atomic E-state index is 0.848. The maximum absolute atomic E-state index is 3.19. The highest BCUT2D eigenvalue weighted by Gasteiger charge is 2.24. The van der Waals surface area contributed by atoms with Gasteiger partial charge in [0, 0.05) is 42.5 Å². The molecule has 0 aliphatic carbocycles. The summed E-state index contributed by atoms with van der Waals surface area (Å²) in [5, 5.41) is 6.38. The van der Waals surface area contributed by atoms with Crippen molar-refractivity contribution in [2.75, 3.05) is 59.4 Å². The largest absolute Gasteiger partial charge is 0.388 e. The lowest BCUT2D eigenvalue weighted by atomic mass is 10.2. The van der Waals surface area contributed by atoms with Crippen molar-refractivity contribution in [3.05, 3.63) is 78.9 Å². The van der Waals surface area contributed by atoms with Crippen molar-refractivity contribution in [1.82, 2.24) is 0 Å². The third-order valence-corrected chi connectivity index (χ3v) is 5.19. The van der Waals surface area contributed by atoms with Gasteiger partial charge in [0.1, 0.15) is 0 Å². The standard InChI is InChI=1S/C23H27N5.C3H8.C2H6/c1-24-19-8-12-22(13-9-19)27-16-26(21-6-4-3-5-7-21)17-28(18-27)23-14-10-20(25-2)11-15-23;1-3-2;1-2/h3-15,24-25H,16-18H2,1-2H3;3H2,1-2H3;1-2H3. The van der Waals surface area contributed by atoms with Crippen molar-refractivity contribution in [2.24, 2.45) is 0 Å². The van der Waals surface area contributed by atoms with Crippen LogP contribution >= 0.6 is 0 Å². The summed E-state index contributed by atoms with van der Waals surface area (Å²) in [6.45, 7) is 10.8. The number of rotatable bonds is 5. The second-order valence-electron chi connectivity index (χ2n) is 7.68. The van der Waals surface area contributed by atoms with Gasteiger partial charge in [-0.05, 0) is 60.7 Å². The lowest BCUT2D eigenvalue weighted by molar-refractivity contribution is 0.611. The average molecular weight is 448 g/mol. The van der Waals surface area contributed by atoms with Gasteiger partial charge < -0.3 is 25.3 Å². The van der Waals surface area contributed by atoms with Crippen LogP contribution in [0.3, 0.4) is 0 Å². The molecule has 0 saturated carbocycles. The van der Waals surface area contributed by atoms with Crippen molar-refractivity contribution in [2.45, 2.75) is 34.1 Å². The Morgan fingerprint density at radius 3 is 1.15 bits per heavy atom. The van der Waals surface area contributed by atoms with Gasteiger partial charge >= 0.3 is 0 Å². The molecule has 1 heterocycles. The highest BCUT2D eigenvalue weighted by Crippen LogP contribution is 2.27. The van der Waals surface area contributed by atoms with Crippen molar-refractivity contribution in [3.8, 4) is 0 Å². The Kier molecular flexibility index (Phi) is 10.9. The molecule has 4 rings (SSSR count). The van der Waals surface area contributed by atoms with Crippen LogP contribution in [-0.2, 0) is 0 Å². The summed E-state index contributed by atoms with van der Waals surface area (Å²) in [6.07, 6.45) is 1.25. The Morgan fingerprint density at radius 2 is 0.848 bits per heavy atom. The molecular formula is C28H41N5. The number of nitrogens with zero attached hydrogens (tertiary/aromatic N) is 3. The molecule has 1 saturated heterocycles. The third kappa shape index (κ3) is 7.35. The smallest absolute Gasteiger partial charge is 0.0937 e. The van der Waals surface area contributed by atoms with E-state index in [-0.39, 0.29) is 0 Å². The number of para-hydroxylation sites is 1. The van der Waals surface area contributed by atoms with Crippen LogP contribution in [0.5, 0.6) is 0 Å². The SMILES string of the molecule is CC.CCC.CNc1ccc(N2CN(c3ccccc3)CN(c3ccc(NC)cc3)C2)cc1. The molecule has 0 aromatic heterocycles. The van der Waals surface area contributed by atoms with Gasteiger partial charge in [-0.2, -0.15) is 0 Å². The number of nitrogens with one attached hydrogen (secondary N) is 2. The molecule has 1 fully saturated rings. The van der Waals surface area contributed by atoms with E-state index >= 15 is 0 Å². The van der Waals surface area contributed by atoms with Crippen LogP contribution in [0.2, 0.25) is 0 Å². The van der Waals surface area contributed by atoms with E-state index in [0.29, 0.717) is 0 Å². The van der Waals surface area contributed by atoms with E-state index in [1.807, 2.05) is 27.9 Å². The Bertz CT molecular complexity index is 838. The van der Waals surface area contributed by atoms with E-state index in [0.717, 1.165) is 31.4 Å². The maximum atomic E-state index is 3.19. The molecule has 0 atom stereocenters. The van der Waals surface area contributed by atoms with Crippen LogP contribution in [0.1, 0.15) is 34.1 Å². The van der Waals surface area contributed by atoms with E-state index in [1.165, 1.54) is 23.5 Å². The molecular weight excluding hydrogens is 406 g/mol. The number of hydrogen-bond donors (Lipinski definition) is 2. The fraction of sp³-hybridized carbons (Fsp3) is 0.357. The van der Waals surface area contributed by atoms with Gasteiger partial charge in [-0.25, -0.2) is 0 Å². The highest BCUT2D eigenvalue weighted by molar-refractivity contribution is 5.62. The molecule has 3 aromatic carbocycles. The first-order valence-electron chi connectivity index (χ1n) is 12.0. The van der Waals surface area contributed by atoms with E-state index in [1.54, 1.807) is 0 Å². The minimum Gasteiger partial charge on any atom is -0.388 e. The molecule has 0 spiro atoms. The lowest BCUT2D eigenvalue weighted by Gasteiger charge is -2.45. The van der Waals surface area contributed by atoms with Crippen molar-refractivity contribution < 1.29 is 0 Å². The van der Waals surface area contributed by atoms with Crippen LogP contribution < -0.4 is 25.3 Å². The van der Waals surface area contributed by atoms with Gasteiger partial charge in [0.25, 0.3) is 0 Å². The Labute approximate surface area is 201 Å². The Morgan fingerprint density at radius 1 is 0.545 bits per heavy atom. The summed E-state index contributed by atoms with van der Waals surface area (Å²) in [4.78, 5) is 7.21. The van der Waals surface area contributed by atoms with Crippen LogP contribution in [-0.4, -0.2) is 34.1 Å². The monoisotopic (exact) mass is 447 g/mol. The van der Waals surface area contributed by atoms with Crippen molar-refractivity contribution in [1.29, 1.82) is 0 Å². The summed E-state index contributed by atoms with van der Waals surface area (Å²) >= 11 is 0. The molecule has 0 amide bonds. The highest BCUT2D eigenvalue weighted by atomic mass is 15.5. The quantitative estimate of drug-likeness (QED) is 0.444. The zero-order chi connectivity index (χ0) is 24.1. The molecule has 0 unspecified atom stereocenters. The molecule has 0 bridgehead atoms. The van der Waals surface area contributed by atoms with E-state index in [9.17, 15) is 0 Å². The normalized spacial score (nSPS) is 12.7. The van der Waals surface area contributed by atoms with Gasteiger partial charge in [0.05, 0.1) is 20.0 Å². The zero-order valence-electron chi connectivity index (χ0n) is 21.2. The molecule has 1 aliphatic heterocycles. The fourth-order valence-corrected chi connectivity index (χ4v) is 3.56. The van der Waals surface area contributed by atoms with Crippen LogP contribution in [0, 0.1) is 0 Å². The minimum absolute atomic E-state index is 0.848. The predicted octanol–water partition coefficient (Wildman–Crippen LogP) is 6.92. The van der Waals surface area contributed by atoms with E-state index in [4.69, 9.17) is 0 Å². The van der Waals surface area contributed by atoms with Gasteiger partial charge in [-0.15, -0.1) is 0 Å². The topological polar surface area (TPSA) is 33.8 Å². The maximum Gasteiger partial charge on any atom is 0.0937 e. The number of benzene rings is 3. The lowest BCUT2D eigenvalue weighted by Crippen LogP contribution is -2.55. The van der Waals surface area contributed by atoms with Crippen LogP contribution in [0.4, 0.5) is 28.4 Å². The molecule has 5 nitrogen and oxygen atoms in total. The van der Waals surface area contributed by atoms with E-state index in [2.05, 4.69) is 118 Å². The van der Waals surface area contributed by atoms with Gasteiger partial charge in [-0.1, -0.05) is 52.3 Å². The molecule has 178 valence electrons. The summed E-state index contributed by atoms with van der Waals surface area (Å²) < 4.78 is 0. The van der Waals surface area contributed by atoms with Crippen LogP contribution in [0.25, 0.3) is 0 Å². The average Bonchev–Trinajstić information content (AvgIpc) is 2.90. The van der Waals surface area contributed by atoms with Gasteiger partial charge in [0.2, 0.25) is 0 Å². The second-order valence-corrected chi connectivity index (χ2v) is 7.68. The molecule has 3 aromatic rings. The molecule has 2 N–H and O–H groups in total. The first kappa shape index (κ1) is 25.9. The van der Waals surface area contributed by atoms with Gasteiger partial charge in [-0.3, -0.25) is 0 Å². The molecule has 1 aliphatic rings. The van der Waals surface area contributed by atoms with Crippen molar-refractivity contribution in [3.63, 3.8) is 0 Å². The second kappa shape index (κ2) is 13.9. The van der Waals surface area contributed by atoms with Gasteiger partial charge in [0.15, 0.2) is 0 Å².